The molecule has 0 spiro atoms. The number of hydrogen-bond acceptors (Lipinski definition) is 7. The molecule has 0 aliphatic rings. The molecule has 0 fully saturated rings. The van der Waals surface area contributed by atoms with Crippen LogP contribution in [0.25, 0.3) is 0 Å². The molecule has 0 aromatic carbocycles. The Bertz CT molecular complexity index is 532. The number of nitrogens with one attached hydrogen (secondary N) is 2. The van der Waals surface area contributed by atoms with Crippen molar-refractivity contribution in [3.8, 4) is 0 Å². The average molecular weight is 293 g/mol. The molecule has 0 aliphatic heterocycles. The van der Waals surface area contributed by atoms with E-state index in [-0.39, 0.29) is 6.04 Å². The van der Waals surface area contributed by atoms with Crippen molar-refractivity contribution in [2.45, 2.75) is 26.5 Å². The molecule has 0 radical (unpaired) electrons. The Balaban J connectivity index is 2.13. The van der Waals surface area contributed by atoms with Gasteiger partial charge in [-0.1, -0.05) is 0 Å². The van der Waals surface area contributed by atoms with Gasteiger partial charge in [0.1, 0.15) is 23.3 Å². The molecule has 2 N–H and O–H groups in total. The van der Waals surface area contributed by atoms with Gasteiger partial charge in [-0.3, -0.25) is 0 Å². The van der Waals surface area contributed by atoms with Gasteiger partial charge in [-0.15, -0.1) is 11.3 Å². The Morgan fingerprint density at radius 1 is 1.35 bits per heavy atom. The van der Waals surface area contributed by atoms with Gasteiger partial charge in [0.25, 0.3) is 0 Å². The summed E-state index contributed by atoms with van der Waals surface area (Å²) in [6.45, 7) is 5.06. The summed E-state index contributed by atoms with van der Waals surface area (Å²) in [5, 5.41) is 9.36. The fraction of sp³-hybridized carbons (Fsp3) is 0.462. The number of rotatable bonds is 7. The van der Waals surface area contributed by atoms with E-state index in [2.05, 4.69) is 32.5 Å². The lowest BCUT2D eigenvalue weighted by Crippen LogP contribution is -2.11. The number of hydrogen-bond donors (Lipinski definition) is 2. The zero-order valence-corrected chi connectivity index (χ0v) is 12.7. The van der Waals surface area contributed by atoms with Crippen molar-refractivity contribution in [1.29, 1.82) is 0 Å². The molecule has 1 unspecified atom stereocenters. The van der Waals surface area contributed by atoms with Crippen molar-refractivity contribution in [1.82, 2.24) is 15.0 Å². The van der Waals surface area contributed by atoms with Crippen LogP contribution >= 0.6 is 11.3 Å². The van der Waals surface area contributed by atoms with Gasteiger partial charge in [-0.25, -0.2) is 15.0 Å². The second-order valence-corrected chi connectivity index (χ2v) is 5.10. The Kier molecular flexibility index (Phi) is 5.25. The van der Waals surface area contributed by atoms with E-state index >= 15 is 0 Å². The molecule has 0 aliphatic carbocycles. The van der Waals surface area contributed by atoms with Crippen molar-refractivity contribution in [2.24, 2.45) is 0 Å². The van der Waals surface area contributed by atoms with Crippen molar-refractivity contribution in [2.75, 3.05) is 24.3 Å². The molecule has 0 amide bonds. The fourth-order valence-electron chi connectivity index (χ4n) is 1.69. The van der Waals surface area contributed by atoms with E-state index in [4.69, 9.17) is 4.74 Å². The first-order chi connectivity index (χ1) is 9.72. The first kappa shape index (κ1) is 14.7. The molecule has 0 saturated heterocycles. The number of aromatic nitrogens is 3. The minimum atomic E-state index is 0.106. The second kappa shape index (κ2) is 7.16. The van der Waals surface area contributed by atoms with Gasteiger partial charge in [0, 0.05) is 31.3 Å². The van der Waals surface area contributed by atoms with Gasteiger partial charge in [0.05, 0.1) is 6.04 Å². The van der Waals surface area contributed by atoms with Crippen LogP contribution in [-0.2, 0) is 11.3 Å². The van der Waals surface area contributed by atoms with Crippen LogP contribution in [0.4, 0.5) is 11.6 Å². The highest BCUT2D eigenvalue weighted by Crippen LogP contribution is 2.21. The maximum absolute atomic E-state index is 5.36. The average Bonchev–Trinajstić information content (AvgIpc) is 2.99. The molecule has 0 saturated carbocycles. The normalized spacial score (nSPS) is 12.2. The number of ether oxygens (including phenoxy) is 1. The molecule has 2 aromatic heterocycles. The molecule has 108 valence electrons. The van der Waals surface area contributed by atoms with Gasteiger partial charge in [0.15, 0.2) is 5.82 Å². The Hall–Kier alpha value is -1.73. The minimum absolute atomic E-state index is 0.106. The zero-order chi connectivity index (χ0) is 14.4. The molecule has 2 rings (SSSR count). The summed E-state index contributed by atoms with van der Waals surface area (Å²) in [5.41, 5.74) is 0. The number of thiazole rings is 1. The van der Waals surface area contributed by atoms with Crippen molar-refractivity contribution >= 4 is 23.0 Å². The highest BCUT2D eigenvalue weighted by Gasteiger charge is 2.10. The maximum Gasteiger partial charge on any atom is 0.158 e. The third-order valence-electron chi connectivity index (χ3n) is 2.65. The van der Waals surface area contributed by atoms with E-state index in [9.17, 15) is 0 Å². The summed E-state index contributed by atoms with van der Waals surface area (Å²) in [4.78, 5) is 13.1. The van der Waals surface area contributed by atoms with Crippen LogP contribution in [0.2, 0.25) is 0 Å². The van der Waals surface area contributed by atoms with Crippen molar-refractivity contribution in [3.05, 3.63) is 28.5 Å². The molecule has 1 atom stereocenters. The van der Waals surface area contributed by atoms with Crippen LogP contribution < -0.4 is 10.6 Å². The predicted octanol–water partition coefficient (Wildman–Crippen LogP) is 2.68. The largest absolute Gasteiger partial charge is 0.374 e. The summed E-state index contributed by atoms with van der Waals surface area (Å²) < 4.78 is 5.36. The predicted molar refractivity (Wildman–Crippen MR) is 81.1 cm³/mol. The highest BCUT2D eigenvalue weighted by atomic mass is 32.1. The van der Waals surface area contributed by atoms with Crippen molar-refractivity contribution < 1.29 is 4.74 Å². The molecule has 0 bridgehead atoms. The van der Waals surface area contributed by atoms with Gasteiger partial charge >= 0.3 is 0 Å². The van der Waals surface area contributed by atoms with E-state index in [1.165, 1.54) is 0 Å². The van der Waals surface area contributed by atoms with Gasteiger partial charge < -0.3 is 15.4 Å². The molecular weight excluding hydrogens is 274 g/mol. The van der Waals surface area contributed by atoms with Gasteiger partial charge in [-0.2, -0.15) is 0 Å². The second-order valence-electron chi connectivity index (χ2n) is 4.18. The van der Waals surface area contributed by atoms with Crippen molar-refractivity contribution in [3.63, 3.8) is 0 Å². The zero-order valence-electron chi connectivity index (χ0n) is 11.9. The topological polar surface area (TPSA) is 72.0 Å². The van der Waals surface area contributed by atoms with Gasteiger partial charge in [-0.05, 0) is 13.8 Å². The van der Waals surface area contributed by atoms with Crippen LogP contribution in [0.15, 0.2) is 17.6 Å². The molecule has 7 heteroatoms. The Labute approximate surface area is 122 Å². The standard InChI is InChI=1S/C13H19N5OS/c1-4-19-8-12-17-10(14-3)7-11(18-12)16-9(2)13-15-5-6-20-13/h5-7,9H,4,8H2,1-3H3,(H2,14,16,17,18). The molecule has 20 heavy (non-hydrogen) atoms. The first-order valence-corrected chi connectivity index (χ1v) is 7.40. The van der Waals surface area contributed by atoms with E-state index in [1.54, 1.807) is 17.5 Å². The van der Waals surface area contributed by atoms with Crippen LogP contribution in [0.3, 0.4) is 0 Å². The van der Waals surface area contributed by atoms with Gasteiger partial charge in [0.2, 0.25) is 0 Å². The number of anilines is 2. The molecule has 2 heterocycles. The van der Waals surface area contributed by atoms with Crippen LogP contribution in [0, 0.1) is 0 Å². The Morgan fingerprint density at radius 3 is 2.80 bits per heavy atom. The SMILES string of the molecule is CCOCc1nc(NC)cc(NC(C)c2nccs2)n1. The lowest BCUT2D eigenvalue weighted by atomic mass is 10.3. The van der Waals surface area contributed by atoms with Crippen LogP contribution in [0.1, 0.15) is 30.7 Å². The summed E-state index contributed by atoms with van der Waals surface area (Å²) in [6, 6.07) is 1.98. The number of nitrogens with zero attached hydrogens (tertiary/aromatic N) is 3. The quantitative estimate of drug-likeness (QED) is 0.818. The Morgan fingerprint density at radius 2 is 2.15 bits per heavy atom. The summed E-state index contributed by atoms with van der Waals surface area (Å²) in [6.07, 6.45) is 1.80. The molecule has 2 aromatic rings. The van der Waals surface area contributed by atoms with E-state index < -0.39 is 0 Å². The van der Waals surface area contributed by atoms with E-state index in [0.717, 1.165) is 16.6 Å². The third-order valence-corrected chi connectivity index (χ3v) is 3.61. The minimum Gasteiger partial charge on any atom is -0.374 e. The molecule has 6 nitrogen and oxygen atoms in total. The smallest absolute Gasteiger partial charge is 0.158 e. The monoisotopic (exact) mass is 293 g/mol. The summed E-state index contributed by atoms with van der Waals surface area (Å²) >= 11 is 1.62. The third kappa shape index (κ3) is 3.88. The lowest BCUT2D eigenvalue weighted by molar-refractivity contribution is 0.128. The van der Waals surface area contributed by atoms with E-state index in [0.29, 0.717) is 19.0 Å². The first-order valence-electron chi connectivity index (χ1n) is 6.52. The highest BCUT2D eigenvalue weighted by molar-refractivity contribution is 7.09. The summed E-state index contributed by atoms with van der Waals surface area (Å²) in [7, 11) is 1.83. The van der Waals surface area contributed by atoms with Crippen LogP contribution in [-0.4, -0.2) is 28.6 Å². The van der Waals surface area contributed by atoms with E-state index in [1.807, 2.05) is 25.4 Å². The molecular formula is C13H19N5OS. The maximum atomic E-state index is 5.36. The fourth-order valence-corrected chi connectivity index (χ4v) is 2.33. The summed E-state index contributed by atoms with van der Waals surface area (Å²) in [5.74, 6) is 2.19. The lowest BCUT2D eigenvalue weighted by Gasteiger charge is -2.14. The van der Waals surface area contributed by atoms with Crippen LogP contribution in [0.5, 0.6) is 0 Å².